The van der Waals surface area contributed by atoms with Crippen LogP contribution in [0.15, 0.2) is 16.9 Å². The zero-order valence-electron chi connectivity index (χ0n) is 39.1. The predicted molar refractivity (Wildman–Crippen MR) is 239 cm³/mol. The Labute approximate surface area is 382 Å². The van der Waals surface area contributed by atoms with Gasteiger partial charge < -0.3 is 50.9 Å². The summed E-state index contributed by atoms with van der Waals surface area (Å²) in [5.41, 5.74) is 5.33. The lowest BCUT2D eigenvalue weighted by atomic mass is 9.81. The van der Waals surface area contributed by atoms with Gasteiger partial charge in [-0.05, 0) is 110 Å². The summed E-state index contributed by atoms with van der Waals surface area (Å²) in [5.74, 6) is -3.96. The van der Waals surface area contributed by atoms with E-state index < -0.39 is 87.9 Å². The summed E-state index contributed by atoms with van der Waals surface area (Å²) in [5, 5.41) is 22.9. The number of carbonyl (C=O) groups excluding carboxylic acids is 6. The Balaban J connectivity index is 1.06. The quantitative estimate of drug-likeness (QED) is 0.0743. The van der Waals surface area contributed by atoms with Crippen LogP contribution in [0.3, 0.4) is 0 Å². The van der Waals surface area contributed by atoms with Crippen LogP contribution in [0, 0.1) is 12.7 Å². The number of nitrogens with zero attached hydrogens (tertiary/aromatic N) is 2. The number of pyridine rings is 2. The lowest BCUT2D eigenvalue weighted by Crippen LogP contribution is -2.54. The van der Waals surface area contributed by atoms with Gasteiger partial charge in [-0.2, -0.15) is 0 Å². The van der Waals surface area contributed by atoms with Crippen LogP contribution in [-0.4, -0.2) is 92.7 Å². The topological polar surface area (TPSA) is 259 Å². The molecule has 1 aromatic carbocycles. The van der Waals surface area contributed by atoms with Gasteiger partial charge in [-0.3, -0.25) is 28.8 Å². The fraction of sp³-hybridized carbons (Fsp3) is 0.574. The summed E-state index contributed by atoms with van der Waals surface area (Å²) < 4.78 is 33.9. The molecule has 66 heavy (non-hydrogen) atoms. The second-order valence-corrected chi connectivity index (χ2v) is 18.8. The number of cyclic esters (lactones) is 1. The number of rotatable bonds is 19. The predicted octanol–water partition coefficient (Wildman–Crippen LogP) is 2.78. The second kappa shape index (κ2) is 19.2. The Bertz CT molecular complexity index is 2540. The number of amides is 5. The van der Waals surface area contributed by atoms with Crippen LogP contribution in [0.5, 0.6) is 0 Å². The van der Waals surface area contributed by atoms with Gasteiger partial charge in [0.25, 0.3) is 5.56 Å². The highest BCUT2D eigenvalue weighted by atomic mass is 19.1. The van der Waals surface area contributed by atoms with Gasteiger partial charge in [0.2, 0.25) is 29.5 Å². The first-order valence-corrected chi connectivity index (χ1v) is 22.5. The van der Waals surface area contributed by atoms with Crippen molar-refractivity contribution in [1.29, 1.82) is 0 Å². The Morgan fingerprint density at radius 1 is 0.924 bits per heavy atom. The monoisotopic (exact) mass is 919 g/mol. The molecule has 1 aliphatic carbocycles. The molecular formula is C47H62FN7O11. The van der Waals surface area contributed by atoms with Gasteiger partial charge in [-0.15, -0.1) is 0 Å². The molecule has 19 heteroatoms. The normalized spacial score (nSPS) is 18.8. The number of carbonyl (C=O) groups is 6. The largest absolute Gasteiger partial charge is 0.458 e. The standard InChI is InChI=1S/C47H62FN7O11/c1-10-47(63)30-19-34-39-28(21-55(34)43(61)29(30)22-64-44(47)62)38-32(12-11-27-23(2)31(48)20-33(53-39)37(27)38)54-42(60)26(5)52-41(59)25(4)51-40(58)24(3)50-36(57)14-17-65-46(8,9)16-18-66-45(6,7)15-13-35(49)56/h19-20,24-26,32,63H,10-18,21-22H2,1-9H3,(H2,49,56)(H,50,57)(H,51,58)(H,52,59)(H,54,60). The zero-order valence-corrected chi connectivity index (χ0v) is 39.1. The number of ether oxygens (including phenoxy) is 3. The Morgan fingerprint density at radius 3 is 2.20 bits per heavy atom. The molecule has 3 aliphatic rings. The molecule has 5 atom stereocenters. The van der Waals surface area contributed by atoms with E-state index in [-0.39, 0.29) is 50.1 Å². The van der Waals surface area contributed by atoms with E-state index in [2.05, 4.69) is 21.3 Å². The van der Waals surface area contributed by atoms with Crippen LogP contribution in [0.4, 0.5) is 4.39 Å². The minimum atomic E-state index is -2.04. The SMILES string of the molecule is CCC1(O)C(=O)OCc2c1cc1n(c2=O)Cc2c-1nc1cc(F)c(C)c3c1c2C(NC(=O)C(C)NC(=O)C(C)NC(=O)C(C)NC(=O)CCOC(C)(C)CCOC(C)(C)CCC(N)=O)CC3. The molecular weight excluding hydrogens is 858 g/mol. The average Bonchev–Trinajstić information content (AvgIpc) is 3.61. The molecule has 2 aliphatic heterocycles. The fourth-order valence-corrected chi connectivity index (χ4v) is 8.74. The van der Waals surface area contributed by atoms with E-state index in [1.165, 1.54) is 31.4 Å². The molecule has 5 unspecified atom stereocenters. The number of benzene rings is 1. The number of aromatic nitrogens is 2. The lowest BCUT2D eigenvalue weighted by Gasteiger charge is -2.31. The van der Waals surface area contributed by atoms with Crippen molar-refractivity contribution in [3.05, 3.63) is 61.7 Å². The summed E-state index contributed by atoms with van der Waals surface area (Å²) in [7, 11) is 0. The molecule has 0 bridgehead atoms. The number of aryl methyl sites for hydroxylation is 1. The zero-order chi connectivity index (χ0) is 48.6. The van der Waals surface area contributed by atoms with Gasteiger partial charge in [0.15, 0.2) is 5.60 Å². The van der Waals surface area contributed by atoms with Crippen LogP contribution >= 0.6 is 0 Å². The third kappa shape index (κ3) is 10.3. The van der Waals surface area contributed by atoms with E-state index in [0.29, 0.717) is 71.3 Å². The number of fused-ring (bicyclic) bond motifs is 5. The molecule has 6 rings (SSSR count). The molecule has 7 N–H and O–H groups in total. The first-order valence-electron chi connectivity index (χ1n) is 22.5. The maximum Gasteiger partial charge on any atom is 0.343 e. The van der Waals surface area contributed by atoms with Gasteiger partial charge in [0.1, 0.15) is 30.5 Å². The summed E-state index contributed by atoms with van der Waals surface area (Å²) in [6, 6.07) is -0.907. The average molecular weight is 920 g/mol. The van der Waals surface area contributed by atoms with E-state index in [4.69, 9.17) is 24.9 Å². The van der Waals surface area contributed by atoms with Crippen LogP contribution in [-0.2, 0) is 68.2 Å². The number of nitrogens with two attached hydrogens (primary N) is 1. The van der Waals surface area contributed by atoms with Crippen molar-refractivity contribution in [2.75, 3.05) is 13.2 Å². The Kier molecular flexibility index (Phi) is 14.4. The van der Waals surface area contributed by atoms with Crippen molar-refractivity contribution in [1.82, 2.24) is 30.8 Å². The molecule has 0 radical (unpaired) electrons. The summed E-state index contributed by atoms with van der Waals surface area (Å²) >= 11 is 0. The van der Waals surface area contributed by atoms with Crippen molar-refractivity contribution >= 4 is 46.4 Å². The number of hydrogen-bond acceptors (Lipinski definition) is 12. The minimum absolute atomic E-state index is 0.0280. The van der Waals surface area contributed by atoms with E-state index in [1.807, 2.05) is 27.7 Å². The molecule has 4 heterocycles. The van der Waals surface area contributed by atoms with Crippen molar-refractivity contribution in [2.45, 2.75) is 161 Å². The van der Waals surface area contributed by atoms with Crippen LogP contribution < -0.4 is 32.6 Å². The highest BCUT2D eigenvalue weighted by molar-refractivity contribution is 5.96. The summed E-state index contributed by atoms with van der Waals surface area (Å²) in [6.45, 7) is 15.4. The van der Waals surface area contributed by atoms with Crippen LogP contribution in [0.1, 0.15) is 133 Å². The number of nitrogens with one attached hydrogen (secondary N) is 4. The Hall–Kier alpha value is -5.79. The van der Waals surface area contributed by atoms with Gasteiger partial charge in [0.05, 0.1) is 65.9 Å². The van der Waals surface area contributed by atoms with Gasteiger partial charge in [-0.1, -0.05) is 6.92 Å². The highest BCUT2D eigenvalue weighted by Crippen LogP contribution is 2.46. The van der Waals surface area contributed by atoms with Crippen molar-refractivity contribution in [3.8, 4) is 11.4 Å². The molecule has 0 saturated heterocycles. The van der Waals surface area contributed by atoms with Gasteiger partial charge in [0, 0.05) is 29.0 Å². The molecule has 0 spiro atoms. The Morgan fingerprint density at radius 2 is 1.55 bits per heavy atom. The summed E-state index contributed by atoms with van der Waals surface area (Å²) in [4.78, 5) is 95.5. The van der Waals surface area contributed by atoms with E-state index in [9.17, 15) is 38.7 Å². The molecule has 0 fully saturated rings. The van der Waals surface area contributed by atoms with Crippen molar-refractivity contribution in [2.24, 2.45) is 5.73 Å². The first kappa shape index (κ1) is 49.6. The highest BCUT2D eigenvalue weighted by Gasteiger charge is 2.46. The fourth-order valence-electron chi connectivity index (χ4n) is 8.74. The number of halogens is 1. The van der Waals surface area contributed by atoms with Crippen molar-refractivity contribution < 1.29 is 52.5 Å². The van der Waals surface area contributed by atoms with E-state index in [0.717, 1.165) is 5.56 Å². The number of aliphatic hydroxyl groups is 1. The molecule has 5 amide bonds. The van der Waals surface area contributed by atoms with Crippen LogP contribution in [0.25, 0.3) is 22.3 Å². The van der Waals surface area contributed by atoms with E-state index in [1.54, 1.807) is 19.9 Å². The lowest BCUT2D eigenvalue weighted by molar-refractivity contribution is -0.172. The molecule has 18 nitrogen and oxygen atoms in total. The van der Waals surface area contributed by atoms with Crippen LogP contribution in [0.2, 0.25) is 0 Å². The smallest absolute Gasteiger partial charge is 0.343 e. The molecule has 358 valence electrons. The number of hydrogen-bond donors (Lipinski definition) is 6. The molecule has 0 saturated carbocycles. The molecule has 2 aromatic heterocycles. The van der Waals surface area contributed by atoms with Crippen molar-refractivity contribution in [3.63, 3.8) is 0 Å². The second-order valence-electron chi connectivity index (χ2n) is 18.8. The number of esters is 1. The maximum atomic E-state index is 15.4. The van der Waals surface area contributed by atoms with E-state index >= 15 is 4.39 Å². The third-order valence-electron chi connectivity index (χ3n) is 13.0. The minimum Gasteiger partial charge on any atom is -0.458 e. The first-order chi connectivity index (χ1) is 30.9. The molecule has 3 aromatic rings. The third-order valence-corrected chi connectivity index (χ3v) is 13.0. The number of primary amides is 1. The maximum absolute atomic E-state index is 15.4. The summed E-state index contributed by atoms with van der Waals surface area (Å²) in [6.07, 6.45) is 1.92. The van der Waals surface area contributed by atoms with Gasteiger partial charge >= 0.3 is 5.97 Å². The van der Waals surface area contributed by atoms with Gasteiger partial charge in [-0.25, -0.2) is 14.2 Å².